The van der Waals surface area contributed by atoms with Crippen LogP contribution in [-0.2, 0) is 4.79 Å². The van der Waals surface area contributed by atoms with Crippen LogP contribution in [0, 0.1) is 20.8 Å². The van der Waals surface area contributed by atoms with Gasteiger partial charge in [-0.25, -0.2) is 0 Å². The summed E-state index contributed by atoms with van der Waals surface area (Å²) in [7, 11) is 0. The number of hydrogen-bond acceptors (Lipinski definition) is 2. The number of nitrogens with one attached hydrogen (secondary N) is 1. The first-order valence-electron chi connectivity index (χ1n) is 11.0. The molecule has 0 aliphatic heterocycles. The van der Waals surface area contributed by atoms with Crippen LogP contribution >= 0.6 is 0 Å². The van der Waals surface area contributed by atoms with Gasteiger partial charge in [-0.3, -0.25) is 4.79 Å². The molecule has 3 heteroatoms. The maximum Gasteiger partial charge on any atom is 0.261 e. The van der Waals surface area contributed by atoms with Gasteiger partial charge in [-0.2, -0.15) is 0 Å². The van der Waals surface area contributed by atoms with Crippen molar-refractivity contribution in [1.29, 1.82) is 0 Å². The normalized spacial score (nSPS) is 13.0. The molecule has 0 radical (unpaired) electrons. The summed E-state index contributed by atoms with van der Waals surface area (Å²) in [5.41, 5.74) is 6.73. The van der Waals surface area contributed by atoms with E-state index < -0.39 is 6.10 Å². The van der Waals surface area contributed by atoms with E-state index in [2.05, 4.69) is 63.3 Å². The molecule has 0 fully saturated rings. The molecular formula is C28H33NO2. The maximum atomic E-state index is 13.2. The van der Waals surface area contributed by atoms with Gasteiger partial charge in [0.05, 0.1) is 6.04 Å². The van der Waals surface area contributed by atoms with Crippen LogP contribution in [0.15, 0.2) is 66.7 Å². The number of carbonyl (C=O) groups is 1. The molecule has 0 aliphatic rings. The Bertz CT molecular complexity index is 1040. The Morgan fingerprint density at radius 3 is 2.03 bits per heavy atom. The van der Waals surface area contributed by atoms with Crippen molar-refractivity contribution in [3.8, 4) is 5.75 Å². The second-order valence-corrected chi connectivity index (χ2v) is 8.67. The van der Waals surface area contributed by atoms with Crippen molar-refractivity contribution in [3.63, 3.8) is 0 Å². The third kappa shape index (κ3) is 5.55. The minimum Gasteiger partial charge on any atom is -0.481 e. The lowest BCUT2D eigenvalue weighted by Crippen LogP contribution is -2.39. The number of ether oxygens (including phenoxy) is 1. The predicted molar refractivity (Wildman–Crippen MR) is 128 cm³/mol. The van der Waals surface area contributed by atoms with Crippen LogP contribution in [0.5, 0.6) is 5.75 Å². The van der Waals surface area contributed by atoms with Crippen molar-refractivity contribution in [1.82, 2.24) is 5.32 Å². The number of hydrogen-bond donors (Lipinski definition) is 1. The van der Waals surface area contributed by atoms with Crippen molar-refractivity contribution in [2.45, 2.75) is 59.6 Å². The summed E-state index contributed by atoms with van der Waals surface area (Å²) in [6.07, 6.45) is -0.615. The van der Waals surface area contributed by atoms with Gasteiger partial charge in [0.1, 0.15) is 5.75 Å². The van der Waals surface area contributed by atoms with Gasteiger partial charge in [-0.05, 0) is 67.5 Å². The van der Waals surface area contributed by atoms with Crippen molar-refractivity contribution < 1.29 is 9.53 Å². The molecule has 31 heavy (non-hydrogen) atoms. The predicted octanol–water partition coefficient (Wildman–Crippen LogP) is 6.41. The highest BCUT2D eigenvalue weighted by molar-refractivity contribution is 5.81. The second-order valence-electron chi connectivity index (χ2n) is 8.67. The van der Waals surface area contributed by atoms with Crippen LogP contribution in [0.25, 0.3) is 0 Å². The lowest BCUT2D eigenvalue weighted by Gasteiger charge is -2.25. The molecular weight excluding hydrogens is 382 g/mol. The quantitative estimate of drug-likeness (QED) is 0.484. The van der Waals surface area contributed by atoms with E-state index in [0.29, 0.717) is 5.92 Å². The second kappa shape index (κ2) is 9.82. The minimum absolute atomic E-state index is 0.134. The van der Waals surface area contributed by atoms with Crippen molar-refractivity contribution in [2.75, 3.05) is 0 Å². The van der Waals surface area contributed by atoms with E-state index in [4.69, 9.17) is 4.74 Å². The smallest absolute Gasteiger partial charge is 0.261 e. The molecule has 3 aromatic carbocycles. The zero-order valence-corrected chi connectivity index (χ0v) is 19.4. The highest BCUT2D eigenvalue weighted by Crippen LogP contribution is 2.29. The molecule has 1 amide bonds. The summed E-state index contributed by atoms with van der Waals surface area (Å²) < 4.78 is 6.16. The van der Waals surface area contributed by atoms with Crippen LogP contribution in [0.4, 0.5) is 0 Å². The lowest BCUT2D eigenvalue weighted by molar-refractivity contribution is -0.127. The standard InChI is InChI=1S/C28H33NO2/c1-18(2)24-14-12-20(4)17-26(24)31-22(6)28(30)29-27(23-10-8-7-9-11-23)25-15-13-19(3)16-21(25)5/h7-18,22,27H,1-6H3,(H,29,30)/t22-,27-/m1/s1. The van der Waals surface area contributed by atoms with Gasteiger partial charge in [-0.15, -0.1) is 0 Å². The average molecular weight is 416 g/mol. The first-order valence-corrected chi connectivity index (χ1v) is 11.0. The van der Waals surface area contributed by atoms with Gasteiger partial charge in [0.15, 0.2) is 6.10 Å². The molecule has 3 rings (SSSR count). The number of amides is 1. The van der Waals surface area contributed by atoms with E-state index in [9.17, 15) is 4.79 Å². The van der Waals surface area contributed by atoms with E-state index in [1.807, 2.05) is 50.2 Å². The molecule has 0 spiro atoms. The van der Waals surface area contributed by atoms with Crippen LogP contribution < -0.4 is 10.1 Å². The molecule has 3 nitrogen and oxygen atoms in total. The van der Waals surface area contributed by atoms with Crippen LogP contribution in [0.2, 0.25) is 0 Å². The molecule has 0 saturated carbocycles. The fourth-order valence-corrected chi connectivity index (χ4v) is 3.86. The Morgan fingerprint density at radius 1 is 0.806 bits per heavy atom. The molecule has 0 bridgehead atoms. The zero-order valence-electron chi connectivity index (χ0n) is 19.4. The molecule has 2 atom stereocenters. The van der Waals surface area contributed by atoms with Crippen molar-refractivity contribution in [3.05, 3.63) is 100 Å². The largest absolute Gasteiger partial charge is 0.481 e. The van der Waals surface area contributed by atoms with E-state index >= 15 is 0 Å². The van der Waals surface area contributed by atoms with Crippen LogP contribution in [0.3, 0.4) is 0 Å². The monoisotopic (exact) mass is 415 g/mol. The Hall–Kier alpha value is -3.07. The van der Waals surface area contributed by atoms with E-state index in [1.54, 1.807) is 0 Å². The highest BCUT2D eigenvalue weighted by atomic mass is 16.5. The number of rotatable bonds is 7. The fraction of sp³-hybridized carbons (Fsp3) is 0.321. The summed E-state index contributed by atoms with van der Waals surface area (Å²) in [5.74, 6) is 0.962. The summed E-state index contributed by atoms with van der Waals surface area (Å²) in [5, 5.41) is 3.23. The van der Waals surface area contributed by atoms with Gasteiger partial charge in [-0.1, -0.05) is 80.1 Å². The Labute approximate surface area is 186 Å². The SMILES string of the molecule is Cc1ccc([C@H](NC(=O)[C@@H](C)Oc2cc(C)ccc2C(C)C)c2ccccc2)c(C)c1. The molecule has 0 aliphatic carbocycles. The van der Waals surface area contributed by atoms with E-state index in [1.165, 1.54) is 5.56 Å². The van der Waals surface area contributed by atoms with Crippen molar-refractivity contribution in [2.24, 2.45) is 0 Å². The van der Waals surface area contributed by atoms with Gasteiger partial charge in [0, 0.05) is 0 Å². The Kier molecular flexibility index (Phi) is 7.17. The van der Waals surface area contributed by atoms with Gasteiger partial charge in [0.25, 0.3) is 5.91 Å². The summed E-state index contributed by atoms with van der Waals surface area (Å²) in [6, 6.07) is 22.4. The topological polar surface area (TPSA) is 38.3 Å². The van der Waals surface area contributed by atoms with E-state index in [-0.39, 0.29) is 11.9 Å². The molecule has 0 aromatic heterocycles. The van der Waals surface area contributed by atoms with Gasteiger partial charge >= 0.3 is 0 Å². The Morgan fingerprint density at radius 2 is 1.42 bits per heavy atom. The minimum atomic E-state index is -0.615. The molecule has 0 unspecified atom stereocenters. The molecule has 162 valence electrons. The zero-order chi connectivity index (χ0) is 22.5. The number of benzene rings is 3. The molecule has 0 saturated heterocycles. The third-order valence-electron chi connectivity index (χ3n) is 5.62. The first-order chi connectivity index (χ1) is 14.8. The first kappa shape index (κ1) is 22.6. The van der Waals surface area contributed by atoms with E-state index in [0.717, 1.165) is 33.6 Å². The maximum absolute atomic E-state index is 13.2. The molecule has 0 heterocycles. The van der Waals surface area contributed by atoms with Crippen LogP contribution in [0.1, 0.15) is 66.1 Å². The van der Waals surface area contributed by atoms with Crippen LogP contribution in [-0.4, -0.2) is 12.0 Å². The highest BCUT2D eigenvalue weighted by Gasteiger charge is 2.24. The summed E-state index contributed by atoms with van der Waals surface area (Å²) in [6.45, 7) is 12.3. The van der Waals surface area contributed by atoms with Gasteiger partial charge in [0.2, 0.25) is 0 Å². The van der Waals surface area contributed by atoms with Gasteiger partial charge < -0.3 is 10.1 Å². The Balaban J connectivity index is 1.86. The number of carbonyl (C=O) groups excluding carboxylic acids is 1. The number of aryl methyl sites for hydroxylation is 3. The fourth-order valence-electron chi connectivity index (χ4n) is 3.86. The van der Waals surface area contributed by atoms with Crippen molar-refractivity contribution >= 4 is 5.91 Å². The molecule has 1 N–H and O–H groups in total. The lowest BCUT2D eigenvalue weighted by atomic mass is 9.93. The summed E-state index contributed by atoms with van der Waals surface area (Å²) in [4.78, 5) is 13.2. The molecule has 3 aromatic rings. The average Bonchev–Trinajstić information content (AvgIpc) is 2.72. The summed E-state index contributed by atoms with van der Waals surface area (Å²) >= 11 is 0. The third-order valence-corrected chi connectivity index (χ3v) is 5.62.